The first-order valence-electron chi connectivity index (χ1n) is 6.41. The molecule has 0 saturated heterocycles. The van der Waals surface area contributed by atoms with E-state index in [1.165, 1.54) is 0 Å². The summed E-state index contributed by atoms with van der Waals surface area (Å²) in [5.74, 6) is 0. The fraction of sp³-hybridized carbons (Fsp3) is 0.286. The van der Waals surface area contributed by atoms with Crippen molar-refractivity contribution in [2.24, 2.45) is 0 Å². The van der Waals surface area contributed by atoms with Crippen LogP contribution in [0.2, 0.25) is 0 Å². The lowest BCUT2D eigenvalue weighted by molar-refractivity contribution is 0.582. The summed E-state index contributed by atoms with van der Waals surface area (Å²) < 4.78 is 3.98. The molecule has 0 saturated carbocycles. The van der Waals surface area contributed by atoms with Crippen LogP contribution in [0.4, 0.5) is 5.69 Å². The summed E-state index contributed by atoms with van der Waals surface area (Å²) in [6.45, 7) is 5.68. The average Bonchev–Trinajstić information content (AvgIpc) is 2.94. The van der Waals surface area contributed by atoms with E-state index in [1.54, 1.807) is 0 Å². The van der Waals surface area contributed by atoms with Crippen molar-refractivity contribution in [3.05, 3.63) is 41.9 Å². The van der Waals surface area contributed by atoms with Crippen molar-refractivity contribution >= 4 is 16.6 Å². The third-order valence-corrected chi connectivity index (χ3v) is 3.27. The first kappa shape index (κ1) is 11.8. The van der Waals surface area contributed by atoms with Gasteiger partial charge in [-0.25, -0.2) is 0 Å². The van der Waals surface area contributed by atoms with Gasteiger partial charge in [-0.15, -0.1) is 0 Å². The summed E-state index contributed by atoms with van der Waals surface area (Å²) in [5.41, 5.74) is 9.86. The second-order valence-electron chi connectivity index (χ2n) is 4.71. The van der Waals surface area contributed by atoms with Crippen LogP contribution in [0.15, 0.2) is 30.5 Å². The number of nitrogens with two attached hydrogens (primary N) is 1. The van der Waals surface area contributed by atoms with Crippen molar-refractivity contribution in [1.29, 1.82) is 0 Å². The summed E-state index contributed by atoms with van der Waals surface area (Å²) in [5, 5.41) is 10.00. The first-order chi connectivity index (χ1) is 9.17. The van der Waals surface area contributed by atoms with Crippen LogP contribution in [0.25, 0.3) is 10.9 Å². The predicted octanol–water partition coefficient (Wildman–Crippen LogP) is 2.19. The number of nitrogen functional groups attached to an aromatic ring is 1. The second kappa shape index (κ2) is 4.42. The fourth-order valence-corrected chi connectivity index (χ4v) is 2.37. The molecule has 0 aliphatic heterocycles. The van der Waals surface area contributed by atoms with E-state index in [1.807, 2.05) is 40.7 Å². The molecule has 5 nitrogen and oxygen atoms in total. The van der Waals surface area contributed by atoms with Crippen LogP contribution < -0.4 is 5.73 Å². The quantitative estimate of drug-likeness (QED) is 0.730. The van der Waals surface area contributed by atoms with E-state index in [0.717, 1.165) is 34.5 Å². The lowest BCUT2D eigenvalue weighted by Gasteiger charge is -2.06. The summed E-state index contributed by atoms with van der Waals surface area (Å²) in [6.07, 6.45) is 1.87. The molecule has 0 amide bonds. The molecule has 98 valence electrons. The van der Waals surface area contributed by atoms with E-state index >= 15 is 0 Å². The Bertz CT molecular complexity index is 723. The number of rotatable bonds is 3. The minimum absolute atomic E-state index is 0.710. The SMILES string of the molecule is CCn1nc(C)cc1Cn1ncc2ccc(N)cc21. The maximum atomic E-state index is 5.85. The van der Waals surface area contributed by atoms with Crippen LogP contribution in [0.3, 0.4) is 0 Å². The summed E-state index contributed by atoms with van der Waals surface area (Å²) in [6, 6.07) is 7.95. The summed E-state index contributed by atoms with van der Waals surface area (Å²) >= 11 is 0. The maximum Gasteiger partial charge on any atom is 0.0835 e. The van der Waals surface area contributed by atoms with E-state index < -0.39 is 0 Å². The van der Waals surface area contributed by atoms with Crippen LogP contribution in [0.5, 0.6) is 0 Å². The third-order valence-electron chi connectivity index (χ3n) is 3.27. The van der Waals surface area contributed by atoms with Gasteiger partial charge in [-0.3, -0.25) is 9.36 Å². The van der Waals surface area contributed by atoms with Crippen LogP contribution in [-0.2, 0) is 13.1 Å². The molecular weight excluding hydrogens is 238 g/mol. The molecule has 5 heteroatoms. The minimum Gasteiger partial charge on any atom is -0.399 e. The van der Waals surface area contributed by atoms with Gasteiger partial charge in [0, 0.05) is 17.6 Å². The highest BCUT2D eigenvalue weighted by Crippen LogP contribution is 2.18. The number of hydrogen-bond donors (Lipinski definition) is 1. The lowest BCUT2D eigenvalue weighted by Crippen LogP contribution is -2.08. The molecule has 0 fully saturated rings. The van der Waals surface area contributed by atoms with E-state index in [2.05, 4.69) is 23.2 Å². The van der Waals surface area contributed by atoms with Gasteiger partial charge in [0.15, 0.2) is 0 Å². The van der Waals surface area contributed by atoms with Gasteiger partial charge in [-0.05, 0) is 38.1 Å². The van der Waals surface area contributed by atoms with Crippen molar-refractivity contribution in [3.63, 3.8) is 0 Å². The standard InChI is InChI=1S/C14H17N5/c1-3-18-13(6-10(2)17-18)9-19-14-7-12(15)5-4-11(14)8-16-19/h4-8H,3,9,15H2,1-2H3. The van der Waals surface area contributed by atoms with Crippen LogP contribution in [-0.4, -0.2) is 19.6 Å². The molecule has 0 aliphatic carbocycles. The van der Waals surface area contributed by atoms with Crippen molar-refractivity contribution in [3.8, 4) is 0 Å². The van der Waals surface area contributed by atoms with E-state index in [4.69, 9.17) is 5.73 Å². The van der Waals surface area contributed by atoms with Gasteiger partial charge >= 0.3 is 0 Å². The van der Waals surface area contributed by atoms with Gasteiger partial charge in [0.25, 0.3) is 0 Å². The van der Waals surface area contributed by atoms with Crippen molar-refractivity contribution < 1.29 is 0 Å². The average molecular weight is 255 g/mol. The number of hydrogen-bond acceptors (Lipinski definition) is 3. The number of fused-ring (bicyclic) bond motifs is 1. The molecule has 2 N–H and O–H groups in total. The highest BCUT2D eigenvalue weighted by Gasteiger charge is 2.08. The number of anilines is 1. The summed E-state index contributed by atoms with van der Waals surface area (Å²) in [4.78, 5) is 0. The zero-order valence-corrected chi connectivity index (χ0v) is 11.2. The maximum absolute atomic E-state index is 5.85. The molecule has 1 aromatic carbocycles. The number of nitrogens with zero attached hydrogens (tertiary/aromatic N) is 4. The summed E-state index contributed by atoms with van der Waals surface area (Å²) in [7, 11) is 0. The highest BCUT2D eigenvalue weighted by atomic mass is 15.3. The van der Waals surface area contributed by atoms with Gasteiger partial charge in [0.05, 0.1) is 29.6 Å². The molecular formula is C14H17N5. The highest BCUT2D eigenvalue weighted by molar-refractivity contribution is 5.81. The molecule has 0 aliphatic rings. The largest absolute Gasteiger partial charge is 0.399 e. The van der Waals surface area contributed by atoms with Gasteiger partial charge in [0.1, 0.15) is 0 Å². The molecule has 2 heterocycles. The first-order valence-corrected chi connectivity index (χ1v) is 6.41. The third kappa shape index (κ3) is 2.07. The Morgan fingerprint density at radius 2 is 2.05 bits per heavy atom. The van der Waals surface area contributed by atoms with E-state index in [9.17, 15) is 0 Å². The fourth-order valence-electron chi connectivity index (χ4n) is 2.37. The Kier molecular flexibility index (Phi) is 2.74. The molecule has 0 radical (unpaired) electrons. The Labute approximate surface area is 111 Å². The molecule has 19 heavy (non-hydrogen) atoms. The number of aromatic nitrogens is 4. The second-order valence-corrected chi connectivity index (χ2v) is 4.71. The van der Waals surface area contributed by atoms with Crippen LogP contribution in [0, 0.1) is 6.92 Å². The molecule has 0 spiro atoms. The Morgan fingerprint density at radius 3 is 2.84 bits per heavy atom. The molecule has 0 unspecified atom stereocenters. The topological polar surface area (TPSA) is 61.7 Å². The van der Waals surface area contributed by atoms with Gasteiger partial charge in [-0.2, -0.15) is 10.2 Å². The van der Waals surface area contributed by atoms with Crippen molar-refractivity contribution in [1.82, 2.24) is 19.6 Å². The monoisotopic (exact) mass is 255 g/mol. The smallest absolute Gasteiger partial charge is 0.0835 e. The van der Waals surface area contributed by atoms with E-state index in [-0.39, 0.29) is 0 Å². The molecule has 0 atom stereocenters. The molecule has 0 bridgehead atoms. The van der Waals surface area contributed by atoms with Crippen molar-refractivity contribution in [2.75, 3.05) is 5.73 Å². The molecule has 2 aromatic heterocycles. The Hall–Kier alpha value is -2.30. The Morgan fingerprint density at radius 1 is 1.21 bits per heavy atom. The van der Waals surface area contributed by atoms with Gasteiger partial charge < -0.3 is 5.73 Å². The zero-order chi connectivity index (χ0) is 13.4. The number of aryl methyl sites for hydroxylation is 2. The van der Waals surface area contributed by atoms with Crippen LogP contribution in [0.1, 0.15) is 18.3 Å². The van der Waals surface area contributed by atoms with Crippen molar-refractivity contribution in [2.45, 2.75) is 26.9 Å². The Balaban J connectivity index is 2.03. The lowest BCUT2D eigenvalue weighted by atomic mass is 10.2. The van der Waals surface area contributed by atoms with Gasteiger partial charge in [-0.1, -0.05) is 0 Å². The van der Waals surface area contributed by atoms with Gasteiger partial charge in [0.2, 0.25) is 0 Å². The normalized spacial score (nSPS) is 11.3. The molecule has 3 aromatic rings. The number of benzene rings is 1. The zero-order valence-electron chi connectivity index (χ0n) is 11.2. The molecule has 3 rings (SSSR count). The van der Waals surface area contributed by atoms with Crippen LogP contribution >= 0.6 is 0 Å². The minimum atomic E-state index is 0.710. The van der Waals surface area contributed by atoms with E-state index in [0.29, 0.717) is 6.54 Å². The predicted molar refractivity (Wildman–Crippen MR) is 75.9 cm³/mol.